The van der Waals surface area contributed by atoms with Gasteiger partial charge in [-0.1, -0.05) is 18.5 Å². The lowest BCUT2D eigenvalue weighted by molar-refractivity contribution is -0.120. The van der Waals surface area contributed by atoms with E-state index in [0.717, 1.165) is 0 Å². The third-order valence-corrected chi connectivity index (χ3v) is 5.82. The molecule has 0 saturated carbocycles. The summed E-state index contributed by atoms with van der Waals surface area (Å²) in [5.41, 5.74) is 0.998. The van der Waals surface area contributed by atoms with Gasteiger partial charge in [-0.05, 0) is 46.6 Å². The molecular weight excluding hydrogens is 530 g/mol. The van der Waals surface area contributed by atoms with Crippen LogP contribution in [-0.4, -0.2) is 58.8 Å². The molecule has 1 aliphatic rings. The van der Waals surface area contributed by atoms with E-state index in [-0.39, 0.29) is 30.2 Å². The Labute approximate surface area is 209 Å². The minimum Gasteiger partial charge on any atom is -0.508 e. The highest BCUT2D eigenvalue weighted by molar-refractivity contribution is 9.10. The van der Waals surface area contributed by atoms with Crippen molar-refractivity contribution in [1.29, 1.82) is 0 Å². The van der Waals surface area contributed by atoms with E-state index in [9.17, 15) is 24.9 Å². The summed E-state index contributed by atoms with van der Waals surface area (Å²) in [7, 11) is 0. The molecule has 0 aromatic heterocycles. The topological polar surface area (TPSA) is 155 Å². The number of anilines is 1. The van der Waals surface area contributed by atoms with Gasteiger partial charge in [0.25, 0.3) is 5.91 Å². The molecule has 2 aromatic carbocycles. The van der Waals surface area contributed by atoms with Gasteiger partial charge in [0.15, 0.2) is 5.96 Å². The lowest BCUT2D eigenvalue weighted by Gasteiger charge is -2.20. The first-order chi connectivity index (χ1) is 16.2. The van der Waals surface area contributed by atoms with E-state index >= 15 is 0 Å². The number of β-amino-alcohol motifs (C(OH)–C–C–N with tert-alkyl or cyclic N) is 1. The summed E-state index contributed by atoms with van der Waals surface area (Å²) in [6, 6.07) is 6.79. The van der Waals surface area contributed by atoms with Gasteiger partial charge < -0.3 is 36.6 Å². The Morgan fingerprint density at radius 2 is 2.03 bits per heavy atom. The van der Waals surface area contributed by atoms with Gasteiger partial charge in [-0.3, -0.25) is 14.6 Å². The third-order valence-electron chi connectivity index (χ3n) is 4.99. The van der Waals surface area contributed by atoms with Crippen LogP contribution in [0.25, 0.3) is 0 Å². The summed E-state index contributed by atoms with van der Waals surface area (Å²) in [6.45, 7) is 2.09. The van der Waals surface area contributed by atoms with E-state index in [1.807, 2.05) is 6.92 Å². The van der Waals surface area contributed by atoms with Crippen LogP contribution in [-0.2, 0) is 4.79 Å². The molecule has 2 amide bonds. The van der Waals surface area contributed by atoms with Crippen LogP contribution in [0.3, 0.4) is 0 Å². The zero-order valence-electron chi connectivity index (χ0n) is 18.2. The molecule has 2 atom stereocenters. The molecule has 182 valence electrons. The molecule has 0 aliphatic carbocycles. The van der Waals surface area contributed by atoms with Gasteiger partial charge in [-0.2, -0.15) is 0 Å². The number of carbonyl (C=O) groups excluding carboxylic acids is 2. The van der Waals surface area contributed by atoms with Crippen molar-refractivity contribution in [2.45, 2.75) is 25.5 Å². The second kappa shape index (κ2) is 11.4. The van der Waals surface area contributed by atoms with Gasteiger partial charge >= 0.3 is 0 Å². The highest BCUT2D eigenvalue weighted by Gasteiger charge is 2.20. The lowest BCUT2D eigenvalue weighted by Crippen LogP contribution is -2.42. The van der Waals surface area contributed by atoms with Gasteiger partial charge in [-0.15, -0.1) is 0 Å². The van der Waals surface area contributed by atoms with Gasteiger partial charge in [0.1, 0.15) is 11.5 Å². The number of phenolic OH excluding ortho intramolecular Hbond substituents is 2. The Balaban J connectivity index is 1.61. The zero-order valence-corrected chi connectivity index (χ0v) is 20.6. The Bertz CT molecular complexity index is 1110. The van der Waals surface area contributed by atoms with Crippen LogP contribution in [0.5, 0.6) is 11.5 Å². The molecule has 1 unspecified atom stereocenters. The molecule has 0 radical (unpaired) electrons. The van der Waals surface area contributed by atoms with Gasteiger partial charge in [0, 0.05) is 34.4 Å². The number of benzene rings is 2. The minimum atomic E-state index is -0.570. The maximum atomic E-state index is 12.6. The number of aliphatic hydroxyl groups excluding tert-OH is 1. The molecule has 1 heterocycles. The molecule has 0 bridgehead atoms. The molecule has 12 heteroatoms. The molecule has 0 saturated heterocycles. The number of rotatable bonds is 7. The van der Waals surface area contributed by atoms with Crippen molar-refractivity contribution in [3.8, 4) is 11.5 Å². The van der Waals surface area contributed by atoms with Crippen LogP contribution in [0.4, 0.5) is 5.69 Å². The number of amides is 2. The third kappa shape index (κ3) is 6.75. The number of carbonyl (C=O) groups is 2. The zero-order chi connectivity index (χ0) is 24.8. The second-order valence-corrected chi connectivity index (χ2v) is 8.94. The van der Waals surface area contributed by atoms with Crippen LogP contribution >= 0.6 is 27.5 Å². The van der Waals surface area contributed by atoms with Crippen LogP contribution < -0.4 is 21.3 Å². The number of nitrogens with one attached hydrogen (secondary N) is 4. The quantitative estimate of drug-likeness (QED) is 0.277. The molecule has 7 N–H and O–H groups in total. The van der Waals surface area contributed by atoms with Crippen molar-refractivity contribution in [2.24, 2.45) is 4.99 Å². The van der Waals surface area contributed by atoms with Crippen LogP contribution in [0.15, 0.2) is 39.8 Å². The van der Waals surface area contributed by atoms with Gasteiger partial charge in [0.05, 0.1) is 29.7 Å². The highest BCUT2D eigenvalue weighted by Crippen LogP contribution is 2.36. The number of aliphatic imine (C=N–C) groups is 1. The van der Waals surface area contributed by atoms with E-state index in [4.69, 9.17) is 11.6 Å². The van der Waals surface area contributed by atoms with Crippen molar-refractivity contribution < 1.29 is 24.9 Å². The Morgan fingerprint density at radius 1 is 1.26 bits per heavy atom. The summed E-state index contributed by atoms with van der Waals surface area (Å²) in [5.74, 6) is -0.794. The fourth-order valence-electron chi connectivity index (χ4n) is 3.33. The van der Waals surface area contributed by atoms with Gasteiger partial charge in [-0.25, -0.2) is 0 Å². The Morgan fingerprint density at radius 3 is 2.71 bits per heavy atom. The first kappa shape index (κ1) is 25.6. The monoisotopic (exact) mass is 553 g/mol. The predicted molar refractivity (Wildman–Crippen MR) is 132 cm³/mol. The molecular formula is C22H25BrClN5O5. The number of nitrogens with zero attached hydrogens (tertiary/aromatic N) is 1. The average Bonchev–Trinajstić information content (AvgIpc) is 2.79. The summed E-state index contributed by atoms with van der Waals surface area (Å²) >= 11 is 9.29. The maximum Gasteiger partial charge on any atom is 0.251 e. The number of aromatic hydroxyl groups is 2. The minimum absolute atomic E-state index is 0.0213. The number of aliphatic hydroxyl groups is 1. The molecule has 0 spiro atoms. The number of guanidine groups is 1. The Hall–Kier alpha value is -3.02. The number of phenols is 2. The number of hydrogen-bond donors (Lipinski definition) is 7. The molecule has 34 heavy (non-hydrogen) atoms. The van der Waals surface area contributed by atoms with E-state index in [2.05, 4.69) is 42.2 Å². The van der Waals surface area contributed by atoms with E-state index in [1.165, 1.54) is 18.2 Å². The second-order valence-electron chi connectivity index (χ2n) is 7.65. The Kier molecular flexibility index (Phi) is 8.59. The van der Waals surface area contributed by atoms with Crippen LogP contribution in [0.1, 0.15) is 35.3 Å². The van der Waals surface area contributed by atoms with Crippen molar-refractivity contribution >= 4 is 51.0 Å². The number of hydrogen-bond acceptors (Lipinski definition) is 8. The van der Waals surface area contributed by atoms with Crippen molar-refractivity contribution in [3.63, 3.8) is 0 Å². The predicted octanol–water partition coefficient (Wildman–Crippen LogP) is 2.24. The smallest absolute Gasteiger partial charge is 0.251 e. The van der Waals surface area contributed by atoms with Gasteiger partial charge in [0.2, 0.25) is 5.91 Å². The summed E-state index contributed by atoms with van der Waals surface area (Å²) in [5, 5.41) is 41.3. The highest BCUT2D eigenvalue weighted by atomic mass is 79.9. The first-order valence-corrected chi connectivity index (χ1v) is 11.7. The van der Waals surface area contributed by atoms with Crippen molar-refractivity contribution in [1.82, 2.24) is 16.0 Å². The van der Waals surface area contributed by atoms with Crippen LogP contribution in [0, 0.1) is 0 Å². The lowest BCUT2D eigenvalue weighted by atomic mass is 10.0. The fraction of sp³-hybridized carbons (Fsp3) is 0.318. The maximum absolute atomic E-state index is 12.6. The fourth-order valence-corrected chi connectivity index (χ4v) is 4.16. The van der Waals surface area contributed by atoms with E-state index in [0.29, 0.717) is 39.7 Å². The molecule has 10 nitrogen and oxygen atoms in total. The molecule has 0 fully saturated rings. The van der Waals surface area contributed by atoms with Crippen LogP contribution in [0.2, 0.25) is 5.02 Å². The summed E-state index contributed by atoms with van der Waals surface area (Å²) < 4.78 is 0.412. The summed E-state index contributed by atoms with van der Waals surface area (Å²) in [6.07, 6.45) is -0.0878. The average molecular weight is 555 g/mol. The first-order valence-electron chi connectivity index (χ1n) is 10.5. The standard InChI is InChI=1S/C22H25BrClN5O5/c1-2-18(16-5-12(24)6-17(23)20(16)33)29-19(32)10-25-21(34)11-3-13(7-14(30)4-11)28-22-26-8-15(31)9-27-22/h3-7,15,18,30-31,33H,2,8-10H2,1H3,(H,25,34)(H,29,32)(H2,26,27,28)/t18-/m0/s1. The van der Waals surface area contributed by atoms with Crippen molar-refractivity contribution in [2.75, 3.05) is 25.0 Å². The summed E-state index contributed by atoms with van der Waals surface area (Å²) in [4.78, 5) is 29.2. The molecule has 3 rings (SSSR count). The van der Waals surface area contributed by atoms with Crippen molar-refractivity contribution in [3.05, 3.63) is 51.0 Å². The largest absolute Gasteiger partial charge is 0.508 e. The SMILES string of the molecule is CC[C@H](NC(=O)CNC(=O)c1cc(O)cc(NC2=NCC(O)CN2)c1)c1cc(Cl)cc(Br)c1O. The molecule has 2 aromatic rings. The molecule has 1 aliphatic heterocycles. The van der Waals surface area contributed by atoms with E-state index < -0.39 is 24.0 Å². The number of halogens is 2. The van der Waals surface area contributed by atoms with E-state index in [1.54, 1.807) is 12.1 Å². The normalized spacial score (nSPS) is 16.1.